The average Bonchev–Trinajstić information content (AvgIpc) is 2.46. The Kier molecular flexibility index (Phi) is 10.3. The van der Waals surface area contributed by atoms with Gasteiger partial charge in [-0.25, -0.2) is 0 Å². The fourth-order valence-corrected chi connectivity index (χ4v) is 2.58. The maximum atomic E-state index is 12.5. The van der Waals surface area contributed by atoms with E-state index in [1.54, 1.807) is 12.1 Å². The van der Waals surface area contributed by atoms with Crippen LogP contribution in [0, 0.1) is 0 Å². The third-order valence-electron chi connectivity index (χ3n) is 3.48. The summed E-state index contributed by atoms with van der Waals surface area (Å²) in [5.41, 5.74) is 0.801. The second kappa shape index (κ2) is 10.8. The molecule has 7 heteroatoms. The van der Waals surface area contributed by atoms with Gasteiger partial charge in [0.05, 0.1) is 0 Å². The van der Waals surface area contributed by atoms with Crippen LogP contribution in [0.25, 0.3) is 0 Å². The zero-order chi connectivity index (χ0) is 14.4. The van der Waals surface area contributed by atoms with E-state index < -0.39 is 6.61 Å². The molecule has 2 rings (SSSR count). The third kappa shape index (κ3) is 5.72. The van der Waals surface area contributed by atoms with Crippen molar-refractivity contribution in [2.24, 2.45) is 0 Å². The molecule has 1 saturated heterocycles. The van der Waals surface area contributed by atoms with E-state index in [0.717, 1.165) is 31.7 Å². The number of piperazine rings is 1. The maximum absolute atomic E-state index is 12.5. The van der Waals surface area contributed by atoms with Crippen molar-refractivity contribution in [1.82, 2.24) is 10.2 Å². The van der Waals surface area contributed by atoms with Crippen molar-refractivity contribution in [2.75, 3.05) is 26.2 Å². The highest BCUT2D eigenvalue weighted by atomic mass is 35.5. The molecule has 0 aromatic heterocycles. The Morgan fingerprint density at radius 3 is 2.45 bits per heavy atom. The fraction of sp³-hybridized carbons (Fsp3) is 0.467. The molecule has 0 amide bonds. The second-order valence-corrected chi connectivity index (χ2v) is 4.74. The highest BCUT2D eigenvalue weighted by molar-refractivity contribution is 5.85. The summed E-state index contributed by atoms with van der Waals surface area (Å²) in [4.78, 5) is 2.28. The Morgan fingerprint density at radius 1 is 1.23 bits per heavy atom. The maximum Gasteiger partial charge on any atom is 0.387 e. The third-order valence-corrected chi connectivity index (χ3v) is 3.48. The minimum absolute atomic E-state index is 0. The van der Waals surface area contributed by atoms with Gasteiger partial charge < -0.3 is 10.1 Å². The molecule has 1 aliphatic heterocycles. The molecule has 1 aromatic carbocycles. The molecule has 0 aliphatic carbocycles. The van der Waals surface area contributed by atoms with Crippen LogP contribution in [0.15, 0.2) is 36.9 Å². The lowest BCUT2D eigenvalue weighted by atomic mass is 10.00. The van der Waals surface area contributed by atoms with Gasteiger partial charge >= 0.3 is 6.61 Å². The molecule has 0 saturated carbocycles. The van der Waals surface area contributed by atoms with Gasteiger partial charge in [-0.2, -0.15) is 8.78 Å². The Balaban J connectivity index is 0.00000220. The molecule has 1 fully saturated rings. The fourth-order valence-electron chi connectivity index (χ4n) is 2.58. The van der Waals surface area contributed by atoms with Crippen LogP contribution in [0.2, 0.25) is 0 Å². The number of hydrogen-bond donors (Lipinski definition) is 1. The Morgan fingerprint density at radius 2 is 1.86 bits per heavy atom. The van der Waals surface area contributed by atoms with E-state index in [1.807, 2.05) is 18.2 Å². The Labute approximate surface area is 142 Å². The van der Waals surface area contributed by atoms with Crippen molar-refractivity contribution in [3.63, 3.8) is 0 Å². The summed E-state index contributed by atoms with van der Waals surface area (Å²) in [7, 11) is 0. The molecule has 1 aromatic rings. The van der Waals surface area contributed by atoms with Gasteiger partial charge in [-0.1, -0.05) is 24.3 Å². The van der Waals surface area contributed by atoms with Crippen LogP contribution in [0.3, 0.4) is 0 Å². The summed E-state index contributed by atoms with van der Waals surface area (Å²) < 4.78 is 29.7. The van der Waals surface area contributed by atoms with Gasteiger partial charge in [-0.3, -0.25) is 4.90 Å². The first-order valence-corrected chi connectivity index (χ1v) is 6.81. The molecule has 0 unspecified atom stereocenters. The number of ether oxygens (including phenoxy) is 1. The number of hydrogen-bond acceptors (Lipinski definition) is 3. The molecule has 0 radical (unpaired) electrons. The van der Waals surface area contributed by atoms with Crippen LogP contribution in [-0.2, 0) is 0 Å². The lowest BCUT2D eigenvalue weighted by Crippen LogP contribution is -2.45. The number of halogens is 4. The van der Waals surface area contributed by atoms with Crippen LogP contribution in [0.1, 0.15) is 18.0 Å². The van der Waals surface area contributed by atoms with Gasteiger partial charge in [0, 0.05) is 37.8 Å². The van der Waals surface area contributed by atoms with Crippen molar-refractivity contribution in [1.29, 1.82) is 0 Å². The van der Waals surface area contributed by atoms with Crippen molar-refractivity contribution in [3.8, 4) is 5.75 Å². The van der Waals surface area contributed by atoms with Crippen molar-refractivity contribution < 1.29 is 13.5 Å². The zero-order valence-electron chi connectivity index (χ0n) is 12.2. The van der Waals surface area contributed by atoms with E-state index in [2.05, 4.69) is 21.5 Å². The van der Waals surface area contributed by atoms with Crippen LogP contribution in [0.5, 0.6) is 5.75 Å². The monoisotopic (exact) mass is 354 g/mol. The molecule has 1 atom stereocenters. The quantitative estimate of drug-likeness (QED) is 0.789. The molecule has 0 bridgehead atoms. The summed E-state index contributed by atoms with van der Waals surface area (Å²) in [5.74, 6) is 0.257. The number of alkyl halides is 2. The van der Waals surface area contributed by atoms with Gasteiger partial charge in [0.1, 0.15) is 5.75 Å². The summed E-state index contributed by atoms with van der Waals surface area (Å²) in [6, 6.07) is 7.05. The van der Waals surface area contributed by atoms with Crippen molar-refractivity contribution >= 4 is 24.8 Å². The van der Waals surface area contributed by atoms with Crippen LogP contribution in [-0.4, -0.2) is 37.7 Å². The number of benzene rings is 1. The zero-order valence-corrected chi connectivity index (χ0v) is 13.8. The second-order valence-electron chi connectivity index (χ2n) is 4.74. The molecular formula is C15H22Cl2F2N2O. The predicted octanol–water partition coefficient (Wildman–Crippen LogP) is 3.65. The average molecular weight is 355 g/mol. The first-order chi connectivity index (χ1) is 9.72. The lowest BCUT2D eigenvalue weighted by Gasteiger charge is -2.35. The van der Waals surface area contributed by atoms with Gasteiger partial charge in [0.15, 0.2) is 0 Å². The molecule has 1 N–H and O–H groups in total. The topological polar surface area (TPSA) is 24.5 Å². The number of rotatable bonds is 6. The van der Waals surface area contributed by atoms with E-state index in [9.17, 15) is 8.78 Å². The van der Waals surface area contributed by atoms with Crippen molar-refractivity contribution in [2.45, 2.75) is 19.1 Å². The molecule has 22 heavy (non-hydrogen) atoms. The molecule has 1 aliphatic rings. The van der Waals surface area contributed by atoms with E-state index in [0.29, 0.717) is 6.42 Å². The van der Waals surface area contributed by atoms with E-state index >= 15 is 0 Å². The number of para-hydroxylation sites is 1. The Hall–Kier alpha value is -0.880. The standard InChI is InChI=1S/C15H20F2N2O.2ClH/c1-2-5-13(19-10-8-18-9-11-19)12-6-3-4-7-14(12)20-15(16)17;;/h2-4,6-7,13,15,18H,1,5,8-11H2;2*1H/t13-;;/m1../s1. The Bertz CT molecular complexity index is 443. The minimum Gasteiger partial charge on any atom is -0.434 e. The summed E-state index contributed by atoms with van der Waals surface area (Å²) >= 11 is 0. The van der Waals surface area contributed by atoms with E-state index in [1.165, 1.54) is 0 Å². The van der Waals surface area contributed by atoms with Gasteiger partial charge in [-0.15, -0.1) is 31.4 Å². The number of nitrogens with zero attached hydrogens (tertiary/aromatic N) is 1. The first kappa shape index (κ1) is 21.1. The molecule has 126 valence electrons. The van der Waals surface area contributed by atoms with Crippen molar-refractivity contribution in [3.05, 3.63) is 42.5 Å². The van der Waals surface area contributed by atoms with E-state index in [4.69, 9.17) is 0 Å². The van der Waals surface area contributed by atoms with Crippen LogP contribution >= 0.6 is 24.8 Å². The van der Waals surface area contributed by atoms with Crippen LogP contribution in [0.4, 0.5) is 8.78 Å². The molecular weight excluding hydrogens is 333 g/mol. The normalized spacial score (nSPS) is 16.3. The van der Waals surface area contributed by atoms with Crippen LogP contribution < -0.4 is 10.1 Å². The molecule has 0 spiro atoms. The summed E-state index contributed by atoms with van der Waals surface area (Å²) in [6.07, 6.45) is 2.54. The molecule has 3 nitrogen and oxygen atoms in total. The van der Waals surface area contributed by atoms with E-state index in [-0.39, 0.29) is 36.6 Å². The molecule has 1 heterocycles. The minimum atomic E-state index is -2.80. The highest BCUT2D eigenvalue weighted by Gasteiger charge is 2.24. The van der Waals surface area contributed by atoms with Gasteiger partial charge in [-0.05, 0) is 12.5 Å². The highest BCUT2D eigenvalue weighted by Crippen LogP contribution is 2.33. The lowest BCUT2D eigenvalue weighted by molar-refractivity contribution is -0.0512. The smallest absolute Gasteiger partial charge is 0.387 e. The summed E-state index contributed by atoms with van der Waals surface area (Å²) in [6.45, 7) is 4.58. The predicted molar refractivity (Wildman–Crippen MR) is 89.6 cm³/mol. The summed E-state index contributed by atoms with van der Waals surface area (Å²) in [5, 5.41) is 3.29. The SMILES string of the molecule is C=CC[C@H](c1ccccc1OC(F)F)N1CCNCC1.Cl.Cl. The first-order valence-electron chi connectivity index (χ1n) is 6.81. The van der Waals surface area contributed by atoms with Gasteiger partial charge in [0.2, 0.25) is 0 Å². The van der Waals surface area contributed by atoms with Gasteiger partial charge in [0.25, 0.3) is 0 Å². The largest absolute Gasteiger partial charge is 0.434 e. The number of nitrogens with one attached hydrogen (secondary N) is 1.